The summed E-state index contributed by atoms with van der Waals surface area (Å²) in [4.78, 5) is 48.9. The van der Waals surface area contributed by atoms with Gasteiger partial charge in [0.1, 0.15) is 29.1 Å². The third-order valence-corrected chi connectivity index (χ3v) is 5.60. The van der Waals surface area contributed by atoms with Crippen molar-refractivity contribution in [2.24, 2.45) is 0 Å². The summed E-state index contributed by atoms with van der Waals surface area (Å²) in [5.41, 5.74) is 0.0914. The minimum Gasteiger partial charge on any atom is -0.484 e. The first-order chi connectivity index (χ1) is 13.8. The molecular formula is C19H18N2O7S. The average molecular weight is 418 g/mol. The van der Waals surface area contributed by atoms with Crippen molar-refractivity contribution in [3.05, 3.63) is 52.8 Å². The van der Waals surface area contributed by atoms with Crippen LogP contribution in [0.15, 0.2) is 52.8 Å². The van der Waals surface area contributed by atoms with Crippen molar-refractivity contribution in [3.63, 3.8) is 0 Å². The number of fused-ring (bicyclic) bond motifs is 1. The van der Waals surface area contributed by atoms with Crippen LogP contribution in [0.2, 0.25) is 0 Å². The van der Waals surface area contributed by atoms with Crippen LogP contribution in [0.5, 0.6) is 5.75 Å². The van der Waals surface area contributed by atoms with Gasteiger partial charge >= 0.3 is 11.9 Å². The highest BCUT2D eigenvalue weighted by Crippen LogP contribution is 2.46. The van der Waals surface area contributed by atoms with Crippen molar-refractivity contribution in [3.8, 4) is 5.75 Å². The van der Waals surface area contributed by atoms with Crippen LogP contribution in [0.3, 0.4) is 0 Å². The number of hydrogen-bond donors (Lipinski definition) is 2. The number of hydrogen-bond acceptors (Lipinski definition) is 7. The number of aliphatic carboxylic acids is 1. The normalized spacial score (nSPS) is 21.9. The molecule has 0 saturated carbocycles. The van der Waals surface area contributed by atoms with E-state index in [1.165, 1.54) is 13.8 Å². The van der Waals surface area contributed by atoms with Crippen molar-refractivity contribution in [2.75, 3.05) is 6.61 Å². The summed E-state index contributed by atoms with van der Waals surface area (Å²) >= 11 is 1.13. The fourth-order valence-electron chi connectivity index (χ4n) is 2.87. The number of β-lactam (4-membered cyclic amide) rings is 1. The number of allylic oxidation sites excluding steroid dienone is 1. The number of carboxylic acid groups (broad SMARTS) is 1. The van der Waals surface area contributed by atoms with Crippen LogP contribution in [0.4, 0.5) is 0 Å². The third-order valence-electron chi connectivity index (χ3n) is 4.22. The van der Waals surface area contributed by atoms with Crippen LogP contribution in [0.1, 0.15) is 13.8 Å². The second-order valence-corrected chi connectivity index (χ2v) is 7.39. The van der Waals surface area contributed by atoms with Gasteiger partial charge in [0, 0.05) is 11.8 Å². The molecule has 1 aromatic rings. The molecular weight excluding hydrogens is 400 g/mol. The van der Waals surface area contributed by atoms with Crippen LogP contribution >= 0.6 is 11.8 Å². The van der Waals surface area contributed by atoms with E-state index in [1.54, 1.807) is 24.3 Å². The number of amides is 2. The minimum absolute atomic E-state index is 0.205. The number of esters is 1. The van der Waals surface area contributed by atoms with Gasteiger partial charge in [-0.15, -0.1) is 0 Å². The Labute approximate surface area is 170 Å². The summed E-state index contributed by atoms with van der Waals surface area (Å²) < 4.78 is 10.2. The Morgan fingerprint density at radius 1 is 1.28 bits per heavy atom. The van der Waals surface area contributed by atoms with Crippen LogP contribution in [-0.4, -0.2) is 51.8 Å². The lowest BCUT2D eigenvalue weighted by Crippen LogP contribution is -2.70. The second kappa shape index (κ2) is 8.39. The van der Waals surface area contributed by atoms with E-state index in [2.05, 4.69) is 5.32 Å². The number of para-hydroxylation sites is 1. The molecule has 2 aliphatic rings. The number of carbonyl (C=O) groups is 4. The predicted octanol–water partition coefficient (Wildman–Crippen LogP) is 1.23. The van der Waals surface area contributed by atoms with Crippen LogP contribution in [0, 0.1) is 0 Å². The third kappa shape index (κ3) is 4.27. The first-order valence-corrected chi connectivity index (χ1v) is 9.46. The first kappa shape index (κ1) is 20.5. The second-order valence-electron chi connectivity index (χ2n) is 6.23. The Hall–Kier alpha value is -3.27. The molecule has 1 aromatic carbocycles. The molecule has 1 fully saturated rings. The van der Waals surface area contributed by atoms with Gasteiger partial charge in [-0.1, -0.05) is 30.0 Å². The fourth-order valence-corrected chi connectivity index (χ4v) is 4.14. The summed E-state index contributed by atoms with van der Waals surface area (Å²) in [5, 5.41) is 11.4. The molecule has 1 unspecified atom stereocenters. The summed E-state index contributed by atoms with van der Waals surface area (Å²) in [5.74, 6) is -2.38. The maximum absolute atomic E-state index is 12.5. The zero-order valence-corrected chi connectivity index (χ0v) is 16.4. The molecule has 0 bridgehead atoms. The maximum Gasteiger partial charge on any atom is 0.352 e. The standard InChI is InChI=1S/C19H18N2O7S/c1-10-13(8-27-11(2)22)29-18-15(17(24)21(18)16(10)19(25)26)20-14(23)9-28-12-6-4-3-5-7-12/h3-8,15,18H,9H2,1-2H3,(H,20,23)(H,25,26)/t15?,18-/m1/s1. The highest BCUT2D eigenvalue weighted by Gasteiger charge is 2.55. The highest BCUT2D eigenvalue weighted by atomic mass is 32.2. The van der Waals surface area contributed by atoms with Gasteiger partial charge in [-0.3, -0.25) is 19.3 Å². The Kier molecular flexibility index (Phi) is 5.92. The van der Waals surface area contributed by atoms with Gasteiger partial charge in [0.15, 0.2) is 6.61 Å². The fraction of sp³-hybridized carbons (Fsp3) is 0.263. The van der Waals surface area contributed by atoms with Gasteiger partial charge in [-0.2, -0.15) is 0 Å². The Balaban J connectivity index is 1.72. The summed E-state index contributed by atoms with van der Waals surface area (Å²) in [7, 11) is 0. The molecule has 2 amide bonds. The number of carbonyl (C=O) groups excluding carboxylic acids is 3. The van der Waals surface area contributed by atoms with Crippen molar-refractivity contribution in [2.45, 2.75) is 25.3 Å². The Morgan fingerprint density at radius 3 is 2.59 bits per heavy atom. The molecule has 152 valence electrons. The topological polar surface area (TPSA) is 122 Å². The number of thioether (sulfide) groups is 1. The molecule has 0 spiro atoms. The lowest BCUT2D eigenvalue weighted by molar-refractivity contribution is -0.150. The molecule has 0 aromatic heterocycles. The lowest BCUT2D eigenvalue weighted by Gasteiger charge is -2.49. The van der Waals surface area contributed by atoms with Gasteiger partial charge < -0.3 is 19.9 Å². The van der Waals surface area contributed by atoms with Gasteiger partial charge in [-0.25, -0.2) is 4.79 Å². The molecule has 2 aliphatic heterocycles. The van der Waals surface area contributed by atoms with Crippen molar-refractivity contribution in [1.29, 1.82) is 0 Å². The monoisotopic (exact) mass is 418 g/mol. The number of carboxylic acids is 1. The van der Waals surface area contributed by atoms with Crippen LogP contribution < -0.4 is 10.1 Å². The van der Waals surface area contributed by atoms with Gasteiger partial charge in [0.05, 0.1) is 0 Å². The molecule has 29 heavy (non-hydrogen) atoms. The van der Waals surface area contributed by atoms with E-state index in [0.29, 0.717) is 16.2 Å². The van der Waals surface area contributed by atoms with E-state index in [4.69, 9.17) is 9.47 Å². The number of rotatable bonds is 6. The molecule has 10 heteroatoms. The largest absolute Gasteiger partial charge is 0.484 e. The minimum atomic E-state index is -1.29. The zero-order valence-electron chi connectivity index (χ0n) is 15.6. The number of nitrogens with one attached hydrogen (secondary N) is 1. The predicted molar refractivity (Wildman–Crippen MR) is 102 cm³/mol. The van der Waals surface area contributed by atoms with E-state index in [0.717, 1.165) is 22.9 Å². The molecule has 2 atom stereocenters. The summed E-state index contributed by atoms with van der Waals surface area (Å²) in [6.07, 6.45) is 1.16. The smallest absolute Gasteiger partial charge is 0.352 e. The zero-order chi connectivity index (χ0) is 21.1. The maximum atomic E-state index is 12.5. The highest BCUT2D eigenvalue weighted by molar-refractivity contribution is 8.04. The number of benzene rings is 1. The quantitative estimate of drug-likeness (QED) is 0.402. The van der Waals surface area contributed by atoms with Gasteiger partial charge in [0.2, 0.25) is 0 Å². The van der Waals surface area contributed by atoms with Crippen LogP contribution in [-0.2, 0) is 23.9 Å². The van der Waals surface area contributed by atoms with E-state index < -0.39 is 35.2 Å². The average Bonchev–Trinajstić information content (AvgIpc) is 2.69. The summed E-state index contributed by atoms with van der Waals surface area (Å²) in [6, 6.07) is 7.80. The molecule has 2 N–H and O–H groups in total. The Bertz CT molecular complexity index is 926. The molecule has 1 saturated heterocycles. The number of ether oxygens (including phenoxy) is 2. The van der Waals surface area contributed by atoms with Crippen molar-refractivity contribution < 1.29 is 33.8 Å². The first-order valence-electron chi connectivity index (χ1n) is 8.58. The van der Waals surface area contributed by atoms with Gasteiger partial charge in [-0.05, 0) is 24.6 Å². The molecule has 0 radical (unpaired) electrons. The molecule has 9 nitrogen and oxygen atoms in total. The number of nitrogens with zero attached hydrogens (tertiary/aromatic N) is 1. The lowest BCUT2D eigenvalue weighted by atomic mass is 10.0. The van der Waals surface area contributed by atoms with Crippen molar-refractivity contribution in [1.82, 2.24) is 10.2 Å². The molecule has 0 aliphatic carbocycles. The van der Waals surface area contributed by atoms with Crippen molar-refractivity contribution >= 4 is 35.5 Å². The summed E-state index contributed by atoms with van der Waals surface area (Å²) in [6.45, 7) is 2.45. The van der Waals surface area contributed by atoms with Crippen LogP contribution in [0.25, 0.3) is 0 Å². The van der Waals surface area contributed by atoms with E-state index >= 15 is 0 Å². The van der Waals surface area contributed by atoms with E-state index in [9.17, 15) is 24.3 Å². The van der Waals surface area contributed by atoms with Gasteiger partial charge in [0.25, 0.3) is 11.8 Å². The van der Waals surface area contributed by atoms with E-state index in [-0.39, 0.29) is 12.3 Å². The molecule has 3 rings (SSSR count). The molecule has 2 heterocycles. The van der Waals surface area contributed by atoms with E-state index in [1.807, 2.05) is 6.07 Å². The SMILES string of the molecule is CC(=O)OC=C1S[C@@H]2C(NC(=O)COc3ccccc3)C(=O)N2C(C(=O)O)=C1C. The Morgan fingerprint density at radius 2 is 1.97 bits per heavy atom.